The normalized spacial score (nSPS) is 19.4. The lowest BCUT2D eigenvalue weighted by Gasteiger charge is -2.44. The summed E-state index contributed by atoms with van der Waals surface area (Å²) >= 11 is 1.20. The number of carbonyl (C=O) groups excluding carboxylic acids is 1. The van der Waals surface area contributed by atoms with E-state index in [1.54, 1.807) is 36.1 Å². The minimum Gasteiger partial charge on any atom is -0.290 e. The first-order valence-electron chi connectivity index (χ1n) is 12.6. The number of thiazole rings is 1. The fraction of sp³-hybridized carbons (Fsp3) is 0.250. The summed E-state index contributed by atoms with van der Waals surface area (Å²) in [5.41, 5.74) is 0.264. The number of nitrogens with zero attached hydrogens (tertiary/aromatic N) is 4. The number of fused-ring (bicyclic) bond motifs is 2. The molecule has 0 amide bonds. The smallest absolute Gasteiger partial charge is 0.290 e. The first kappa shape index (κ1) is 27.5. The van der Waals surface area contributed by atoms with Crippen molar-refractivity contribution in [3.8, 4) is 5.69 Å². The van der Waals surface area contributed by atoms with Gasteiger partial charge in [-0.15, -0.1) is 11.3 Å². The number of carbonyl (C=O) groups is 1. The summed E-state index contributed by atoms with van der Waals surface area (Å²) in [6.45, 7) is 1.51. The van der Waals surface area contributed by atoms with Gasteiger partial charge in [-0.2, -0.15) is 22.6 Å². The largest absolute Gasteiger partial charge is 0.416 e. The van der Waals surface area contributed by atoms with Crippen LogP contribution >= 0.6 is 11.3 Å². The minimum absolute atomic E-state index is 0.0314. The Labute approximate surface area is 236 Å². The molecule has 1 fully saturated rings. The number of benzene rings is 2. The van der Waals surface area contributed by atoms with Crippen molar-refractivity contribution in [3.05, 3.63) is 99.0 Å². The Balaban J connectivity index is 1.43. The number of rotatable bonds is 5. The van der Waals surface area contributed by atoms with Crippen LogP contribution in [0.4, 0.5) is 17.6 Å². The molecule has 0 radical (unpaired) electrons. The molecule has 1 aliphatic carbocycles. The van der Waals surface area contributed by atoms with Crippen molar-refractivity contribution in [2.45, 2.75) is 30.8 Å². The highest BCUT2D eigenvalue weighted by Gasteiger charge is 2.52. The van der Waals surface area contributed by atoms with Crippen LogP contribution in [0.25, 0.3) is 11.8 Å². The summed E-state index contributed by atoms with van der Waals surface area (Å²) in [4.78, 5) is 18.7. The molecule has 1 atom stereocenters. The predicted octanol–water partition coefficient (Wildman–Crippen LogP) is 5.70. The van der Waals surface area contributed by atoms with Gasteiger partial charge in [0.2, 0.25) is 15.8 Å². The number of hydrogen-bond donors (Lipinski definition) is 0. The van der Waals surface area contributed by atoms with Gasteiger partial charge in [-0.1, -0.05) is 11.6 Å². The summed E-state index contributed by atoms with van der Waals surface area (Å²) in [5.74, 6) is -0.753. The molecule has 3 heterocycles. The van der Waals surface area contributed by atoms with Crippen molar-refractivity contribution >= 4 is 33.2 Å². The third kappa shape index (κ3) is 4.71. The molecule has 2 aromatic heterocycles. The summed E-state index contributed by atoms with van der Waals surface area (Å²) in [7, 11) is -4.38. The highest BCUT2D eigenvalue weighted by molar-refractivity contribution is 7.89. The Kier molecular flexibility index (Phi) is 6.51. The molecule has 2 aliphatic rings. The molecule has 1 saturated heterocycles. The molecule has 0 N–H and O–H groups in total. The summed E-state index contributed by atoms with van der Waals surface area (Å²) in [6.07, 6.45) is 0.548. The number of alkyl halides is 3. The summed E-state index contributed by atoms with van der Waals surface area (Å²) < 4.78 is 83.7. The maximum atomic E-state index is 14.2. The number of piperidine rings is 1. The molecule has 13 heteroatoms. The zero-order valence-electron chi connectivity index (χ0n) is 21.5. The topological polar surface area (TPSA) is 85.2 Å². The van der Waals surface area contributed by atoms with E-state index in [0.29, 0.717) is 28.6 Å². The van der Waals surface area contributed by atoms with Crippen molar-refractivity contribution in [2.75, 3.05) is 13.1 Å². The minimum atomic E-state index is -4.71. The number of aromatic nitrogens is 3. The van der Waals surface area contributed by atoms with Crippen LogP contribution in [-0.4, -0.2) is 46.4 Å². The second kappa shape index (κ2) is 9.71. The van der Waals surface area contributed by atoms with Crippen LogP contribution in [0.15, 0.2) is 71.4 Å². The number of halogens is 4. The second-order valence-corrected chi connectivity index (χ2v) is 13.3. The zero-order valence-corrected chi connectivity index (χ0v) is 23.2. The molecular formula is C28H22F4N4O3S2. The molecule has 212 valence electrons. The standard InChI is InChI=1S/C28H22F4N4O3S2/c1-17-14-33-26(40-17)25(37)27-13-18-15-34-36(22-7-5-21(29)6-8-22)24(18)12-19(27)9-10-35(16-27)41(38,39)23-4-2-3-20(11-23)28(30,31)32/h2-8,11-12,14-15H,9-10,13,16H2,1H3/t27-/m0/s1. The van der Waals surface area contributed by atoms with Crippen LogP contribution in [0.5, 0.6) is 0 Å². The van der Waals surface area contributed by atoms with Gasteiger partial charge >= 0.3 is 6.18 Å². The Morgan fingerprint density at radius 1 is 1.10 bits per heavy atom. The Bertz CT molecular complexity index is 1810. The predicted molar refractivity (Wildman–Crippen MR) is 144 cm³/mol. The average molecular weight is 603 g/mol. The third-order valence-corrected chi connectivity index (χ3v) is 10.3. The van der Waals surface area contributed by atoms with E-state index in [-0.39, 0.29) is 36.7 Å². The zero-order chi connectivity index (χ0) is 29.2. The maximum absolute atomic E-state index is 14.2. The number of sulfonamides is 1. The van der Waals surface area contributed by atoms with Crippen molar-refractivity contribution in [1.82, 2.24) is 19.1 Å². The molecule has 1 aliphatic heterocycles. The molecule has 7 nitrogen and oxygen atoms in total. The molecule has 0 saturated carbocycles. The van der Waals surface area contributed by atoms with E-state index < -0.39 is 37.9 Å². The van der Waals surface area contributed by atoms with Crippen LogP contribution in [-0.2, 0) is 22.6 Å². The summed E-state index contributed by atoms with van der Waals surface area (Å²) in [5, 5.41) is 4.68. The molecule has 4 aromatic rings. The van der Waals surface area contributed by atoms with E-state index in [0.717, 1.165) is 27.4 Å². The molecule has 2 aromatic carbocycles. The maximum Gasteiger partial charge on any atom is 0.416 e. The molecule has 41 heavy (non-hydrogen) atoms. The molecule has 0 bridgehead atoms. The summed E-state index contributed by atoms with van der Waals surface area (Å²) in [6, 6.07) is 9.40. The number of Topliss-reactive ketones (excluding diaryl/α,β-unsaturated/α-hetero) is 1. The molecular weight excluding hydrogens is 580 g/mol. The van der Waals surface area contributed by atoms with E-state index in [1.165, 1.54) is 23.5 Å². The second-order valence-electron chi connectivity index (χ2n) is 10.1. The first-order valence-corrected chi connectivity index (χ1v) is 14.8. The lowest BCUT2D eigenvalue weighted by atomic mass is 9.66. The number of hydrogen-bond acceptors (Lipinski definition) is 6. The number of aryl methyl sites for hydroxylation is 1. The fourth-order valence-electron chi connectivity index (χ4n) is 5.46. The van der Waals surface area contributed by atoms with Crippen LogP contribution in [0, 0.1) is 18.2 Å². The lowest BCUT2D eigenvalue weighted by molar-refractivity contribution is -0.137. The van der Waals surface area contributed by atoms with E-state index in [4.69, 9.17) is 0 Å². The van der Waals surface area contributed by atoms with Crippen molar-refractivity contribution in [2.24, 2.45) is 5.41 Å². The van der Waals surface area contributed by atoms with E-state index >= 15 is 0 Å². The van der Waals surface area contributed by atoms with Crippen LogP contribution in [0.1, 0.15) is 37.9 Å². The van der Waals surface area contributed by atoms with E-state index in [9.17, 15) is 30.8 Å². The van der Waals surface area contributed by atoms with Gasteiger partial charge in [0.1, 0.15) is 5.82 Å². The van der Waals surface area contributed by atoms with Gasteiger partial charge in [0.05, 0.1) is 33.5 Å². The Morgan fingerprint density at radius 2 is 1.85 bits per heavy atom. The first-order chi connectivity index (χ1) is 19.4. The van der Waals surface area contributed by atoms with Gasteiger partial charge in [-0.05, 0) is 73.9 Å². The van der Waals surface area contributed by atoms with Gasteiger partial charge in [0, 0.05) is 24.2 Å². The molecule has 6 rings (SSSR count). The quantitative estimate of drug-likeness (QED) is 0.216. The van der Waals surface area contributed by atoms with Gasteiger partial charge in [0.25, 0.3) is 0 Å². The van der Waals surface area contributed by atoms with E-state index in [2.05, 4.69) is 10.1 Å². The SMILES string of the molecule is Cc1cnc(C(=O)[C@]23Cc4cnn(-c5ccc(F)cc5)c4C=C2CCN(S(=O)(=O)c2cccc(C(F)(F)F)c2)C3)s1. The number of ketones is 1. The average Bonchev–Trinajstić information content (AvgIpc) is 3.56. The monoisotopic (exact) mass is 602 g/mol. The highest BCUT2D eigenvalue weighted by Crippen LogP contribution is 2.47. The van der Waals surface area contributed by atoms with Crippen LogP contribution in [0.3, 0.4) is 0 Å². The van der Waals surface area contributed by atoms with E-state index in [1.807, 2.05) is 6.08 Å². The molecule has 0 spiro atoms. The van der Waals surface area contributed by atoms with Gasteiger partial charge in [-0.3, -0.25) is 4.79 Å². The van der Waals surface area contributed by atoms with Gasteiger partial charge in [0.15, 0.2) is 5.01 Å². The fourth-order valence-corrected chi connectivity index (χ4v) is 7.81. The van der Waals surface area contributed by atoms with Crippen molar-refractivity contribution in [1.29, 1.82) is 0 Å². The van der Waals surface area contributed by atoms with Crippen LogP contribution in [0.2, 0.25) is 0 Å². The van der Waals surface area contributed by atoms with Gasteiger partial charge < -0.3 is 0 Å². The molecule has 0 unspecified atom stereocenters. The lowest BCUT2D eigenvalue weighted by Crippen LogP contribution is -2.53. The highest BCUT2D eigenvalue weighted by atomic mass is 32.2. The van der Waals surface area contributed by atoms with Crippen molar-refractivity contribution in [3.63, 3.8) is 0 Å². The van der Waals surface area contributed by atoms with Crippen molar-refractivity contribution < 1.29 is 30.8 Å². The van der Waals surface area contributed by atoms with Gasteiger partial charge in [-0.25, -0.2) is 22.5 Å². The third-order valence-electron chi connectivity index (χ3n) is 7.50. The Hall–Kier alpha value is -3.68. The van der Waals surface area contributed by atoms with Crippen LogP contribution < -0.4 is 0 Å². The Morgan fingerprint density at radius 3 is 2.54 bits per heavy atom.